The molecule has 0 radical (unpaired) electrons. The average Bonchev–Trinajstić information content (AvgIpc) is 2.61. The van der Waals surface area contributed by atoms with Crippen LogP contribution in [0.2, 0.25) is 0 Å². The van der Waals surface area contributed by atoms with Crippen molar-refractivity contribution in [3.8, 4) is 0 Å². The minimum atomic E-state index is -3.42. The molecule has 1 fully saturated rings. The fraction of sp³-hybridized carbons (Fsp3) is 0.632. The molecule has 5 nitrogen and oxygen atoms in total. The molecule has 0 bridgehead atoms. The summed E-state index contributed by atoms with van der Waals surface area (Å²) in [5, 5.41) is 0. The summed E-state index contributed by atoms with van der Waals surface area (Å²) >= 11 is 0. The number of nitrogens with zero attached hydrogens (tertiary/aromatic N) is 2. The fourth-order valence-electron chi connectivity index (χ4n) is 3.48. The molecule has 140 valence electrons. The Bertz CT molecular complexity index is 670. The van der Waals surface area contributed by atoms with Crippen molar-refractivity contribution in [1.82, 2.24) is 4.90 Å². The van der Waals surface area contributed by atoms with Crippen LogP contribution in [-0.4, -0.2) is 44.6 Å². The molecule has 1 heterocycles. The Morgan fingerprint density at radius 3 is 2.44 bits per heavy atom. The summed E-state index contributed by atoms with van der Waals surface area (Å²) in [7, 11) is -3.42. The molecule has 0 spiro atoms. The van der Waals surface area contributed by atoms with Crippen LogP contribution in [0.5, 0.6) is 0 Å². The lowest BCUT2D eigenvalue weighted by molar-refractivity contribution is -0.134. The third kappa shape index (κ3) is 5.21. The second-order valence-corrected chi connectivity index (χ2v) is 8.66. The van der Waals surface area contributed by atoms with E-state index in [9.17, 15) is 13.2 Å². The Kier molecular flexibility index (Phi) is 6.87. The molecule has 0 N–H and O–H groups in total. The van der Waals surface area contributed by atoms with E-state index in [4.69, 9.17) is 0 Å². The predicted octanol–water partition coefficient (Wildman–Crippen LogP) is 3.20. The normalized spacial score (nSPS) is 18.2. The van der Waals surface area contributed by atoms with Crippen LogP contribution >= 0.6 is 0 Å². The molecule has 1 aromatic rings. The van der Waals surface area contributed by atoms with Gasteiger partial charge >= 0.3 is 0 Å². The van der Waals surface area contributed by atoms with E-state index in [0.717, 1.165) is 37.8 Å². The second-order valence-electron chi connectivity index (χ2n) is 6.75. The van der Waals surface area contributed by atoms with Gasteiger partial charge in [0, 0.05) is 25.6 Å². The molecule has 6 heteroatoms. The smallest absolute Gasteiger partial charge is 0.232 e. The molecule has 1 aliphatic heterocycles. The maximum absolute atomic E-state index is 12.6. The Hall–Kier alpha value is -1.56. The summed E-state index contributed by atoms with van der Waals surface area (Å²) in [4.78, 5) is 14.6. The highest BCUT2D eigenvalue weighted by Gasteiger charge is 2.26. The van der Waals surface area contributed by atoms with Gasteiger partial charge in [0.2, 0.25) is 15.9 Å². The molecule has 1 unspecified atom stereocenters. The number of carbonyl (C=O) groups excluding carboxylic acids is 1. The summed E-state index contributed by atoms with van der Waals surface area (Å²) < 4.78 is 25.7. The molecular weight excluding hydrogens is 336 g/mol. The highest BCUT2D eigenvalue weighted by atomic mass is 32.2. The number of benzene rings is 1. The van der Waals surface area contributed by atoms with E-state index in [1.54, 1.807) is 0 Å². The lowest BCUT2D eigenvalue weighted by Crippen LogP contribution is -2.44. The van der Waals surface area contributed by atoms with Gasteiger partial charge in [-0.15, -0.1) is 0 Å². The van der Waals surface area contributed by atoms with E-state index in [0.29, 0.717) is 11.7 Å². The largest absolute Gasteiger partial charge is 0.340 e. The molecule has 1 aliphatic rings. The number of aryl methyl sites for hydroxylation is 1. The van der Waals surface area contributed by atoms with Crippen molar-refractivity contribution in [3.63, 3.8) is 0 Å². The first kappa shape index (κ1) is 19.8. The minimum absolute atomic E-state index is 0.0605. The van der Waals surface area contributed by atoms with Gasteiger partial charge in [0.05, 0.1) is 11.9 Å². The standard InChI is InChI=1S/C19H30N2O3S/c1-4-16-9-11-18(12-10-16)21(25(3,23)24)15-13-19(22)20-14-7-6-8-17(20)5-2/h9-12,17H,4-8,13-15H2,1-3H3. The lowest BCUT2D eigenvalue weighted by atomic mass is 9.99. The van der Waals surface area contributed by atoms with E-state index in [1.165, 1.54) is 17.0 Å². The SMILES string of the molecule is CCc1ccc(N(CCC(=O)N2CCCCC2CC)S(C)(=O)=O)cc1. The maximum Gasteiger partial charge on any atom is 0.232 e. The van der Waals surface area contributed by atoms with Crippen LogP contribution in [0.3, 0.4) is 0 Å². The molecule has 0 saturated carbocycles. The number of anilines is 1. The van der Waals surface area contributed by atoms with E-state index >= 15 is 0 Å². The van der Waals surface area contributed by atoms with E-state index < -0.39 is 10.0 Å². The molecule has 2 rings (SSSR count). The average molecular weight is 367 g/mol. The monoisotopic (exact) mass is 366 g/mol. The summed E-state index contributed by atoms with van der Waals surface area (Å²) in [6.07, 6.45) is 6.54. The van der Waals surface area contributed by atoms with Crippen molar-refractivity contribution in [3.05, 3.63) is 29.8 Å². The summed E-state index contributed by atoms with van der Waals surface area (Å²) in [6.45, 7) is 5.15. The molecule has 1 saturated heterocycles. The highest BCUT2D eigenvalue weighted by Crippen LogP contribution is 2.22. The molecule has 25 heavy (non-hydrogen) atoms. The second kappa shape index (κ2) is 8.70. The van der Waals surface area contributed by atoms with Gasteiger partial charge in [-0.2, -0.15) is 0 Å². The van der Waals surface area contributed by atoms with Crippen LogP contribution in [0.4, 0.5) is 5.69 Å². The van der Waals surface area contributed by atoms with Gasteiger partial charge < -0.3 is 4.90 Å². The zero-order valence-corrected chi connectivity index (χ0v) is 16.4. The van der Waals surface area contributed by atoms with Crippen molar-refractivity contribution in [1.29, 1.82) is 0 Å². The maximum atomic E-state index is 12.6. The number of carbonyl (C=O) groups is 1. The summed E-state index contributed by atoms with van der Waals surface area (Å²) in [6, 6.07) is 7.82. The van der Waals surface area contributed by atoms with Crippen molar-refractivity contribution < 1.29 is 13.2 Å². The van der Waals surface area contributed by atoms with Crippen LogP contribution in [0, 0.1) is 0 Å². The van der Waals surface area contributed by atoms with Crippen molar-refractivity contribution in [2.24, 2.45) is 0 Å². The van der Waals surface area contributed by atoms with Gasteiger partial charge in [0.25, 0.3) is 0 Å². The van der Waals surface area contributed by atoms with Crippen LogP contribution in [0.15, 0.2) is 24.3 Å². The van der Waals surface area contributed by atoms with Crippen molar-refractivity contribution in [2.75, 3.05) is 23.7 Å². The Balaban J connectivity index is 2.08. The number of amides is 1. The van der Waals surface area contributed by atoms with E-state index in [-0.39, 0.29) is 18.9 Å². The van der Waals surface area contributed by atoms with Crippen molar-refractivity contribution in [2.45, 2.75) is 58.4 Å². The lowest BCUT2D eigenvalue weighted by Gasteiger charge is -2.36. The number of hydrogen-bond acceptors (Lipinski definition) is 3. The van der Waals surface area contributed by atoms with Gasteiger partial charge in [-0.05, 0) is 49.8 Å². The first-order valence-electron chi connectivity index (χ1n) is 9.23. The first-order chi connectivity index (χ1) is 11.9. The summed E-state index contributed by atoms with van der Waals surface area (Å²) in [5.74, 6) is 0.0605. The summed E-state index contributed by atoms with van der Waals surface area (Å²) in [5.41, 5.74) is 1.78. The van der Waals surface area contributed by atoms with Crippen LogP contribution in [0.1, 0.15) is 51.5 Å². The van der Waals surface area contributed by atoms with Crippen LogP contribution in [-0.2, 0) is 21.2 Å². The molecule has 1 amide bonds. The zero-order valence-electron chi connectivity index (χ0n) is 15.6. The first-order valence-corrected chi connectivity index (χ1v) is 11.1. The third-order valence-corrected chi connectivity index (χ3v) is 6.17. The zero-order chi connectivity index (χ0) is 18.4. The Morgan fingerprint density at radius 1 is 1.20 bits per heavy atom. The van der Waals surface area contributed by atoms with Gasteiger partial charge in [0.15, 0.2) is 0 Å². The Labute approximate surface area is 152 Å². The topological polar surface area (TPSA) is 57.7 Å². The van der Waals surface area contributed by atoms with Gasteiger partial charge in [-0.25, -0.2) is 8.42 Å². The van der Waals surface area contributed by atoms with E-state index in [2.05, 4.69) is 13.8 Å². The van der Waals surface area contributed by atoms with Gasteiger partial charge in [-0.1, -0.05) is 26.0 Å². The van der Waals surface area contributed by atoms with Crippen LogP contribution < -0.4 is 4.31 Å². The number of rotatable bonds is 7. The van der Waals surface area contributed by atoms with Gasteiger partial charge in [-0.3, -0.25) is 9.10 Å². The Morgan fingerprint density at radius 2 is 1.88 bits per heavy atom. The number of likely N-dealkylation sites (tertiary alicyclic amines) is 1. The fourth-order valence-corrected chi connectivity index (χ4v) is 4.41. The molecule has 0 aliphatic carbocycles. The molecule has 0 aromatic heterocycles. The third-order valence-electron chi connectivity index (χ3n) is 4.98. The molecule has 1 atom stereocenters. The van der Waals surface area contributed by atoms with E-state index in [1.807, 2.05) is 29.2 Å². The number of hydrogen-bond donors (Lipinski definition) is 0. The predicted molar refractivity (Wildman–Crippen MR) is 102 cm³/mol. The molecular formula is C19H30N2O3S. The quantitative estimate of drug-likeness (QED) is 0.745. The van der Waals surface area contributed by atoms with Crippen molar-refractivity contribution >= 4 is 21.6 Å². The van der Waals surface area contributed by atoms with Crippen LogP contribution in [0.25, 0.3) is 0 Å². The van der Waals surface area contributed by atoms with Gasteiger partial charge in [0.1, 0.15) is 0 Å². The minimum Gasteiger partial charge on any atom is -0.340 e. The highest BCUT2D eigenvalue weighted by molar-refractivity contribution is 7.92. The number of piperidine rings is 1. The molecule has 1 aromatic carbocycles. The number of sulfonamides is 1.